The van der Waals surface area contributed by atoms with Crippen LogP contribution in [0.25, 0.3) is 11.0 Å². The fraction of sp³-hybridized carbons (Fsp3) is 0.245. The van der Waals surface area contributed by atoms with Crippen LogP contribution in [0, 0.1) is 6.92 Å². The first-order chi connectivity index (χ1) is 28.6. The van der Waals surface area contributed by atoms with E-state index in [0.717, 1.165) is 50.0 Å². The van der Waals surface area contributed by atoms with E-state index in [2.05, 4.69) is 64.8 Å². The van der Waals surface area contributed by atoms with Gasteiger partial charge in [-0.1, -0.05) is 151 Å². The smallest absolute Gasteiger partial charge is 0.156 e. The lowest BCUT2D eigenvalue weighted by Crippen LogP contribution is -2.58. The van der Waals surface area contributed by atoms with E-state index in [-0.39, 0.29) is 6.61 Å². The van der Waals surface area contributed by atoms with Crippen LogP contribution in [-0.4, -0.2) is 46.2 Å². The number of aryl methyl sites for hydroxylation is 1. The molecule has 2 heterocycles. The molecular formula is C49H46ClN3O5. The molecule has 8 rings (SSSR count). The number of benzene rings is 6. The summed E-state index contributed by atoms with van der Waals surface area (Å²) in [5.41, 5.74) is 8.55. The summed E-state index contributed by atoms with van der Waals surface area (Å²) in [5, 5.41) is 9.53. The van der Waals surface area contributed by atoms with Crippen molar-refractivity contribution in [3.05, 3.63) is 208 Å². The molecule has 7 aromatic rings. The van der Waals surface area contributed by atoms with Crippen LogP contribution in [0.5, 0.6) is 0 Å². The molecule has 5 atom stereocenters. The Morgan fingerprint density at radius 3 is 1.71 bits per heavy atom. The average molecular weight is 792 g/mol. The van der Waals surface area contributed by atoms with Crippen molar-refractivity contribution in [2.75, 3.05) is 6.61 Å². The summed E-state index contributed by atoms with van der Waals surface area (Å²) in [6.45, 7) is 3.76. The minimum Gasteiger partial charge on any atom is -0.374 e. The SMILES string of the molecule is Cc1ccc2nc(Cc3cc(C4OC(COCc5ccccc5)C(OCc5ccccc5)C(OCc5ccccc5)C4OCc4ccccc4)ccc3Cl)nnc2c1. The van der Waals surface area contributed by atoms with Gasteiger partial charge >= 0.3 is 0 Å². The molecule has 0 aliphatic carbocycles. The van der Waals surface area contributed by atoms with Gasteiger partial charge in [0, 0.05) is 11.4 Å². The maximum absolute atomic E-state index is 7.17. The molecule has 0 saturated carbocycles. The van der Waals surface area contributed by atoms with E-state index in [4.69, 9.17) is 40.3 Å². The Bertz CT molecular complexity index is 2350. The molecule has 0 spiro atoms. The van der Waals surface area contributed by atoms with E-state index < -0.39 is 30.5 Å². The third-order valence-corrected chi connectivity index (χ3v) is 10.7. The minimum absolute atomic E-state index is 0.262. The fourth-order valence-electron chi connectivity index (χ4n) is 7.29. The first-order valence-electron chi connectivity index (χ1n) is 19.7. The highest BCUT2D eigenvalue weighted by Crippen LogP contribution is 2.40. The van der Waals surface area contributed by atoms with E-state index in [1.807, 2.05) is 110 Å². The van der Waals surface area contributed by atoms with Crippen LogP contribution < -0.4 is 0 Å². The molecule has 0 bridgehead atoms. The maximum Gasteiger partial charge on any atom is 0.156 e. The van der Waals surface area contributed by atoms with Crippen molar-refractivity contribution < 1.29 is 23.7 Å². The van der Waals surface area contributed by atoms with Gasteiger partial charge in [0.05, 0.1) is 38.6 Å². The quantitative estimate of drug-likeness (QED) is 0.0957. The molecule has 1 fully saturated rings. The Labute approximate surface area is 344 Å². The number of hydrogen-bond acceptors (Lipinski definition) is 8. The van der Waals surface area contributed by atoms with E-state index in [9.17, 15) is 0 Å². The summed E-state index contributed by atoms with van der Waals surface area (Å²) >= 11 is 6.91. The Kier molecular flexibility index (Phi) is 13.2. The van der Waals surface area contributed by atoms with Crippen molar-refractivity contribution in [3.63, 3.8) is 0 Å². The van der Waals surface area contributed by atoms with Gasteiger partial charge in [0.2, 0.25) is 0 Å². The summed E-state index contributed by atoms with van der Waals surface area (Å²) in [6, 6.07) is 52.5. The topological polar surface area (TPSA) is 84.8 Å². The number of halogens is 1. The Morgan fingerprint density at radius 1 is 0.552 bits per heavy atom. The zero-order valence-corrected chi connectivity index (χ0v) is 33.2. The number of ether oxygens (including phenoxy) is 5. The highest BCUT2D eigenvalue weighted by Gasteiger charge is 2.49. The summed E-state index contributed by atoms with van der Waals surface area (Å²) in [4.78, 5) is 4.82. The van der Waals surface area contributed by atoms with Crippen molar-refractivity contribution in [2.45, 2.75) is 70.3 Å². The second-order valence-electron chi connectivity index (χ2n) is 14.6. The standard InChI is InChI=1S/C49H46ClN3O5/c1-34-22-25-42-43(26-34)52-53-45(51-42)28-40-27-39(23-24-41(40)50)46-48(56-31-37-18-10-4-11-19-37)49(57-32-38-20-12-5-13-21-38)47(55-30-36-16-8-3-9-17-36)44(58-46)33-54-29-35-14-6-2-7-15-35/h2-27,44,46-49H,28-33H2,1H3. The van der Waals surface area contributed by atoms with Gasteiger partial charge in [-0.2, -0.15) is 0 Å². The molecule has 58 heavy (non-hydrogen) atoms. The Morgan fingerprint density at radius 2 is 1.10 bits per heavy atom. The van der Waals surface area contributed by atoms with Gasteiger partial charge in [-0.25, -0.2) is 4.98 Å². The van der Waals surface area contributed by atoms with Crippen molar-refractivity contribution in [2.24, 2.45) is 0 Å². The number of rotatable bonds is 16. The molecule has 1 aliphatic heterocycles. The third kappa shape index (κ3) is 10.2. The maximum atomic E-state index is 7.17. The van der Waals surface area contributed by atoms with Crippen LogP contribution >= 0.6 is 11.6 Å². The summed E-state index contributed by atoms with van der Waals surface area (Å²) < 4.78 is 34.4. The fourth-order valence-corrected chi connectivity index (χ4v) is 7.48. The summed E-state index contributed by atoms with van der Waals surface area (Å²) in [7, 11) is 0. The number of fused-ring (bicyclic) bond motifs is 1. The molecule has 0 amide bonds. The van der Waals surface area contributed by atoms with Crippen molar-refractivity contribution >= 4 is 22.6 Å². The molecular weight excluding hydrogens is 746 g/mol. The van der Waals surface area contributed by atoms with E-state index >= 15 is 0 Å². The molecule has 5 unspecified atom stereocenters. The zero-order chi connectivity index (χ0) is 39.5. The van der Waals surface area contributed by atoms with Crippen molar-refractivity contribution in [1.29, 1.82) is 0 Å². The molecule has 1 aromatic heterocycles. The van der Waals surface area contributed by atoms with Gasteiger partial charge in [-0.3, -0.25) is 0 Å². The van der Waals surface area contributed by atoms with Gasteiger partial charge in [0.1, 0.15) is 36.0 Å². The molecule has 1 saturated heterocycles. The van der Waals surface area contributed by atoms with E-state index in [1.165, 1.54) is 0 Å². The highest BCUT2D eigenvalue weighted by molar-refractivity contribution is 6.31. The molecule has 9 heteroatoms. The van der Waals surface area contributed by atoms with Crippen molar-refractivity contribution in [1.82, 2.24) is 15.2 Å². The largest absolute Gasteiger partial charge is 0.374 e. The summed E-state index contributed by atoms with van der Waals surface area (Å²) in [5.74, 6) is 0.572. The van der Waals surface area contributed by atoms with Gasteiger partial charge in [0.15, 0.2) is 5.82 Å². The van der Waals surface area contributed by atoms with E-state index in [1.54, 1.807) is 0 Å². The Balaban J connectivity index is 1.16. The monoisotopic (exact) mass is 791 g/mol. The third-order valence-electron chi connectivity index (χ3n) is 10.3. The normalized spacial score (nSPS) is 19.3. The first kappa shape index (κ1) is 39.5. The predicted octanol–water partition coefficient (Wildman–Crippen LogP) is 9.99. The van der Waals surface area contributed by atoms with Gasteiger partial charge in [-0.15, -0.1) is 10.2 Å². The molecule has 1 aliphatic rings. The Hall–Kier alpha value is -5.32. The molecule has 0 radical (unpaired) electrons. The second-order valence-corrected chi connectivity index (χ2v) is 15.0. The number of nitrogens with zero attached hydrogens (tertiary/aromatic N) is 3. The number of hydrogen-bond donors (Lipinski definition) is 0. The van der Waals surface area contributed by atoms with Crippen LogP contribution in [0.4, 0.5) is 0 Å². The average Bonchev–Trinajstić information content (AvgIpc) is 3.27. The first-order valence-corrected chi connectivity index (χ1v) is 20.1. The predicted molar refractivity (Wildman–Crippen MR) is 225 cm³/mol. The lowest BCUT2D eigenvalue weighted by molar-refractivity contribution is -0.275. The van der Waals surface area contributed by atoms with E-state index in [0.29, 0.717) is 43.7 Å². The van der Waals surface area contributed by atoms with Crippen LogP contribution in [0.2, 0.25) is 5.02 Å². The molecule has 294 valence electrons. The lowest BCUT2D eigenvalue weighted by Gasteiger charge is -2.46. The summed E-state index contributed by atoms with van der Waals surface area (Å²) in [6.07, 6.45) is -2.43. The van der Waals surface area contributed by atoms with Gasteiger partial charge in [0.25, 0.3) is 0 Å². The van der Waals surface area contributed by atoms with Crippen LogP contribution in [0.1, 0.15) is 50.9 Å². The molecule has 6 aromatic carbocycles. The van der Waals surface area contributed by atoms with Crippen LogP contribution in [0.15, 0.2) is 158 Å². The highest BCUT2D eigenvalue weighted by atomic mass is 35.5. The van der Waals surface area contributed by atoms with Crippen LogP contribution in [-0.2, 0) is 56.5 Å². The minimum atomic E-state index is -0.592. The molecule has 8 nitrogen and oxygen atoms in total. The second kappa shape index (κ2) is 19.4. The van der Waals surface area contributed by atoms with Crippen LogP contribution in [0.3, 0.4) is 0 Å². The molecule has 0 N–H and O–H groups in total. The zero-order valence-electron chi connectivity index (χ0n) is 32.4. The number of aromatic nitrogens is 3. The van der Waals surface area contributed by atoms with Gasteiger partial charge < -0.3 is 23.7 Å². The van der Waals surface area contributed by atoms with Crippen molar-refractivity contribution in [3.8, 4) is 0 Å². The lowest BCUT2D eigenvalue weighted by atomic mass is 9.89. The van der Waals surface area contributed by atoms with Gasteiger partial charge in [-0.05, 0) is 64.1 Å².